The average molecular weight is 480 g/mol. The monoisotopic (exact) mass is 479 g/mol. The molecule has 0 aliphatic heterocycles. The van der Waals surface area contributed by atoms with E-state index in [2.05, 4.69) is 0 Å². The number of rotatable bonds is 8. The van der Waals surface area contributed by atoms with E-state index < -0.39 is 15.3 Å². The zero-order valence-corrected chi connectivity index (χ0v) is 20.0. The van der Waals surface area contributed by atoms with Crippen LogP contribution in [0.4, 0.5) is 0 Å². The summed E-state index contributed by atoms with van der Waals surface area (Å²) in [5, 5.41) is 0.259. The summed E-state index contributed by atoms with van der Waals surface area (Å²) in [7, 11) is -1.01. The van der Waals surface area contributed by atoms with Gasteiger partial charge >= 0.3 is 0 Å². The topological polar surface area (TPSA) is 83.8 Å². The van der Waals surface area contributed by atoms with Gasteiger partial charge in [-0.2, -0.15) is 0 Å². The molecule has 34 heavy (non-hydrogen) atoms. The standard InChI is InChI=1S/C26H25NO6S/c1-4-33-19-8-11-22(12-9-19)34(29,30)25-17-27(16-18-6-5-7-20(14-18)31-2)24-13-10-21(32-3)15-23(24)26(25)28/h5-15,17H,4,16H2,1-3H3. The van der Waals surface area contributed by atoms with Crippen LogP contribution in [0.3, 0.4) is 0 Å². The van der Waals surface area contributed by atoms with E-state index in [4.69, 9.17) is 14.2 Å². The maximum absolute atomic E-state index is 13.5. The lowest BCUT2D eigenvalue weighted by atomic mass is 10.1. The van der Waals surface area contributed by atoms with Gasteiger partial charge < -0.3 is 18.8 Å². The van der Waals surface area contributed by atoms with Gasteiger partial charge in [-0.25, -0.2) is 8.42 Å². The predicted molar refractivity (Wildman–Crippen MR) is 130 cm³/mol. The van der Waals surface area contributed by atoms with Gasteiger partial charge in [0.2, 0.25) is 15.3 Å². The molecule has 0 unspecified atom stereocenters. The molecule has 0 spiro atoms. The van der Waals surface area contributed by atoms with Gasteiger partial charge in [-0.1, -0.05) is 12.1 Å². The third-order valence-electron chi connectivity index (χ3n) is 5.48. The highest BCUT2D eigenvalue weighted by Crippen LogP contribution is 2.26. The Morgan fingerprint density at radius 1 is 0.853 bits per heavy atom. The first kappa shape index (κ1) is 23.4. The fraction of sp³-hybridized carbons (Fsp3) is 0.192. The Balaban J connectivity index is 1.90. The molecule has 0 bridgehead atoms. The van der Waals surface area contributed by atoms with Crippen molar-refractivity contribution in [3.63, 3.8) is 0 Å². The molecule has 4 rings (SSSR count). The minimum absolute atomic E-state index is 0.0169. The van der Waals surface area contributed by atoms with Crippen LogP contribution in [0.5, 0.6) is 17.2 Å². The second kappa shape index (κ2) is 9.61. The normalized spacial score (nSPS) is 11.4. The number of methoxy groups -OCH3 is 2. The Labute approximate surface area is 198 Å². The van der Waals surface area contributed by atoms with E-state index in [0.29, 0.717) is 35.9 Å². The summed E-state index contributed by atoms with van der Waals surface area (Å²) in [6.07, 6.45) is 1.41. The average Bonchev–Trinajstić information content (AvgIpc) is 2.86. The zero-order chi connectivity index (χ0) is 24.3. The predicted octanol–water partition coefficient (Wildman–Crippen LogP) is 4.30. The summed E-state index contributed by atoms with van der Waals surface area (Å²) in [5.74, 6) is 1.71. The lowest BCUT2D eigenvalue weighted by molar-refractivity contribution is 0.340. The van der Waals surface area contributed by atoms with Crippen LogP contribution in [0.1, 0.15) is 12.5 Å². The Morgan fingerprint density at radius 2 is 1.53 bits per heavy atom. The van der Waals surface area contributed by atoms with Gasteiger partial charge in [-0.3, -0.25) is 4.79 Å². The van der Waals surface area contributed by atoms with Crippen molar-refractivity contribution in [1.29, 1.82) is 0 Å². The molecular weight excluding hydrogens is 454 g/mol. The summed E-state index contributed by atoms with van der Waals surface area (Å²) in [4.78, 5) is 13.1. The summed E-state index contributed by atoms with van der Waals surface area (Å²) in [6.45, 7) is 2.65. The zero-order valence-electron chi connectivity index (χ0n) is 19.1. The van der Waals surface area contributed by atoms with Gasteiger partial charge in [0.05, 0.1) is 36.6 Å². The summed E-state index contributed by atoms with van der Waals surface area (Å²) in [5.41, 5.74) is 0.911. The molecule has 3 aromatic carbocycles. The minimum atomic E-state index is -4.09. The van der Waals surface area contributed by atoms with Crippen LogP contribution in [-0.2, 0) is 16.4 Å². The molecule has 1 heterocycles. The molecule has 8 heteroatoms. The van der Waals surface area contributed by atoms with E-state index in [1.165, 1.54) is 25.4 Å². The Kier molecular flexibility index (Phi) is 6.61. The maximum Gasteiger partial charge on any atom is 0.211 e. The largest absolute Gasteiger partial charge is 0.497 e. The van der Waals surface area contributed by atoms with Crippen molar-refractivity contribution in [2.24, 2.45) is 0 Å². The van der Waals surface area contributed by atoms with Crippen molar-refractivity contribution in [2.75, 3.05) is 20.8 Å². The Hall–Kier alpha value is -3.78. The molecule has 0 fully saturated rings. The Morgan fingerprint density at radius 3 is 2.21 bits per heavy atom. The van der Waals surface area contributed by atoms with E-state index in [1.807, 2.05) is 31.2 Å². The second-order valence-corrected chi connectivity index (χ2v) is 9.51. The SMILES string of the molecule is CCOc1ccc(S(=O)(=O)c2cn(Cc3cccc(OC)c3)c3ccc(OC)cc3c2=O)cc1. The van der Waals surface area contributed by atoms with Gasteiger partial charge in [-0.15, -0.1) is 0 Å². The van der Waals surface area contributed by atoms with Gasteiger partial charge in [-0.05, 0) is 67.1 Å². The van der Waals surface area contributed by atoms with Crippen molar-refractivity contribution in [3.05, 3.63) is 88.7 Å². The first-order chi connectivity index (χ1) is 16.4. The van der Waals surface area contributed by atoms with E-state index >= 15 is 0 Å². The smallest absolute Gasteiger partial charge is 0.211 e. The fourth-order valence-electron chi connectivity index (χ4n) is 3.78. The molecule has 0 radical (unpaired) electrons. The number of sulfone groups is 1. The van der Waals surface area contributed by atoms with Crippen LogP contribution < -0.4 is 19.6 Å². The molecule has 0 saturated carbocycles. The maximum atomic E-state index is 13.5. The highest BCUT2D eigenvalue weighted by molar-refractivity contribution is 7.91. The first-order valence-electron chi connectivity index (χ1n) is 10.7. The molecule has 1 aromatic heterocycles. The third-order valence-corrected chi connectivity index (χ3v) is 7.24. The van der Waals surface area contributed by atoms with Crippen LogP contribution in [0.2, 0.25) is 0 Å². The van der Waals surface area contributed by atoms with Gasteiger partial charge in [0.25, 0.3) is 0 Å². The number of benzene rings is 3. The van der Waals surface area contributed by atoms with Crippen LogP contribution in [0, 0.1) is 0 Å². The number of ether oxygens (including phenoxy) is 3. The van der Waals surface area contributed by atoms with E-state index in [-0.39, 0.29) is 15.2 Å². The molecule has 0 aliphatic rings. The van der Waals surface area contributed by atoms with Crippen LogP contribution in [0.15, 0.2) is 87.5 Å². The first-order valence-corrected chi connectivity index (χ1v) is 12.2. The van der Waals surface area contributed by atoms with Crippen LogP contribution >= 0.6 is 0 Å². The minimum Gasteiger partial charge on any atom is -0.497 e. The quantitative estimate of drug-likeness (QED) is 0.375. The second-order valence-electron chi connectivity index (χ2n) is 7.59. The lowest BCUT2D eigenvalue weighted by Gasteiger charge is -2.15. The molecule has 0 aliphatic carbocycles. The molecule has 0 atom stereocenters. The number of nitrogens with zero attached hydrogens (tertiary/aromatic N) is 1. The summed E-state index contributed by atoms with van der Waals surface area (Å²) in [6, 6.07) is 18.6. The van der Waals surface area contributed by atoms with Gasteiger partial charge in [0.1, 0.15) is 22.1 Å². The highest BCUT2D eigenvalue weighted by Gasteiger charge is 2.24. The number of fused-ring (bicyclic) bond motifs is 1. The highest BCUT2D eigenvalue weighted by atomic mass is 32.2. The van der Waals surface area contributed by atoms with Crippen molar-refractivity contribution < 1.29 is 22.6 Å². The van der Waals surface area contributed by atoms with E-state index in [9.17, 15) is 13.2 Å². The summed E-state index contributed by atoms with van der Waals surface area (Å²) < 4.78 is 44.8. The van der Waals surface area contributed by atoms with Crippen molar-refractivity contribution in [2.45, 2.75) is 23.3 Å². The van der Waals surface area contributed by atoms with E-state index in [1.54, 1.807) is 42.0 Å². The van der Waals surface area contributed by atoms with Crippen molar-refractivity contribution in [1.82, 2.24) is 4.57 Å². The molecule has 0 N–H and O–H groups in total. The molecule has 0 amide bonds. The number of hydrogen-bond donors (Lipinski definition) is 0. The van der Waals surface area contributed by atoms with Crippen LogP contribution in [-0.4, -0.2) is 33.8 Å². The van der Waals surface area contributed by atoms with Gasteiger partial charge in [0, 0.05) is 12.7 Å². The molecule has 176 valence electrons. The van der Waals surface area contributed by atoms with Crippen LogP contribution in [0.25, 0.3) is 10.9 Å². The van der Waals surface area contributed by atoms with E-state index in [0.717, 1.165) is 5.56 Å². The van der Waals surface area contributed by atoms with Crippen molar-refractivity contribution in [3.8, 4) is 17.2 Å². The van der Waals surface area contributed by atoms with Crippen molar-refractivity contribution >= 4 is 20.7 Å². The Bertz CT molecular complexity index is 1490. The van der Waals surface area contributed by atoms with Gasteiger partial charge in [0.15, 0.2) is 0 Å². The number of pyridine rings is 1. The molecule has 4 aromatic rings. The number of aromatic nitrogens is 1. The third kappa shape index (κ3) is 4.49. The fourth-order valence-corrected chi connectivity index (χ4v) is 5.14. The molecule has 0 saturated heterocycles. The lowest BCUT2D eigenvalue weighted by Crippen LogP contribution is -2.19. The summed E-state index contributed by atoms with van der Waals surface area (Å²) >= 11 is 0. The molecule has 7 nitrogen and oxygen atoms in total. The molecular formula is C26H25NO6S. The number of hydrogen-bond acceptors (Lipinski definition) is 6.